The molecule has 0 amide bonds. The second-order valence-electron chi connectivity index (χ2n) is 3.80. The predicted octanol–water partition coefficient (Wildman–Crippen LogP) is 3.99. The monoisotopic (exact) mass is 264 g/mol. The first-order valence-electron chi connectivity index (χ1n) is 5.23. The number of nitrogens with zero attached hydrogens (tertiary/aromatic N) is 1. The Balaban J connectivity index is 2.20. The van der Waals surface area contributed by atoms with E-state index in [2.05, 4.69) is 0 Å². The molecule has 0 saturated carbocycles. The van der Waals surface area contributed by atoms with Crippen LogP contribution in [0.4, 0.5) is 0 Å². The van der Waals surface area contributed by atoms with Gasteiger partial charge < -0.3 is 0 Å². The summed E-state index contributed by atoms with van der Waals surface area (Å²) >= 11 is 11.8. The zero-order valence-electron chi connectivity index (χ0n) is 9.40. The van der Waals surface area contributed by atoms with Gasteiger partial charge in [-0.2, -0.15) is 0 Å². The summed E-state index contributed by atoms with van der Waals surface area (Å²) in [5.74, 6) is 0. The third-order valence-electron chi connectivity index (χ3n) is 2.42. The molecule has 2 rings (SSSR count). The number of hydrogen-bond donors (Lipinski definition) is 0. The van der Waals surface area contributed by atoms with Gasteiger partial charge in [-0.1, -0.05) is 41.4 Å². The standard InChI is InChI=1S/C14H12Cl2N/c1-17-8-6-11(7-9-17)2-3-12-4-5-13(15)14(16)10-12/h2-10H,1H3/q+1/b3-2-. The van der Waals surface area contributed by atoms with Crippen LogP contribution in [0.25, 0.3) is 12.2 Å². The first-order valence-corrected chi connectivity index (χ1v) is 5.99. The van der Waals surface area contributed by atoms with Crippen molar-refractivity contribution in [1.29, 1.82) is 0 Å². The molecule has 1 heterocycles. The van der Waals surface area contributed by atoms with E-state index >= 15 is 0 Å². The molecular weight excluding hydrogens is 253 g/mol. The Morgan fingerprint density at radius 1 is 0.882 bits per heavy atom. The highest BCUT2D eigenvalue weighted by Crippen LogP contribution is 2.23. The van der Waals surface area contributed by atoms with E-state index in [1.54, 1.807) is 6.07 Å². The highest BCUT2D eigenvalue weighted by Gasteiger charge is 1.97. The van der Waals surface area contributed by atoms with Crippen molar-refractivity contribution in [3.8, 4) is 0 Å². The minimum absolute atomic E-state index is 0.577. The van der Waals surface area contributed by atoms with Crippen LogP contribution in [0.2, 0.25) is 10.0 Å². The van der Waals surface area contributed by atoms with Crippen molar-refractivity contribution in [2.75, 3.05) is 0 Å². The van der Waals surface area contributed by atoms with Gasteiger partial charge in [0, 0.05) is 12.1 Å². The Hall–Kier alpha value is -1.31. The maximum Gasteiger partial charge on any atom is 0.169 e. The molecule has 0 bridgehead atoms. The summed E-state index contributed by atoms with van der Waals surface area (Å²) in [6.07, 6.45) is 8.07. The van der Waals surface area contributed by atoms with Crippen molar-refractivity contribution in [3.63, 3.8) is 0 Å². The highest BCUT2D eigenvalue weighted by atomic mass is 35.5. The average Bonchev–Trinajstić information content (AvgIpc) is 2.33. The maximum atomic E-state index is 5.95. The molecule has 0 unspecified atom stereocenters. The summed E-state index contributed by atoms with van der Waals surface area (Å²) in [6.45, 7) is 0. The molecule has 0 atom stereocenters. The topological polar surface area (TPSA) is 3.88 Å². The van der Waals surface area contributed by atoms with E-state index in [0.29, 0.717) is 10.0 Å². The van der Waals surface area contributed by atoms with Crippen molar-refractivity contribution in [3.05, 3.63) is 63.9 Å². The van der Waals surface area contributed by atoms with Crippen LogP contribution in [0.15, 0.2) is 42.7 Å². The summed E-state index contributed by atoms with van der Waals surface area (Å²) in [7, 11) is 1.99. The average molecular weight is 265 g/mol. The van der Waals surface area contributed by atoms with Crippen molar-refractivity contribution in [2.45, 2.75) is 0 Å². The molecule has 0 spiro atoms. The van der Waals surface area contributed by atoms with E-state index in [1.165, 1.54) is 0 Å². The molecule has 0 saturated heterocycles. The van der Waals surface area contributed by atoms with E-state index in [4.69, 9.17) is 23.2 Å². The fraction of sp³-hybridized carbons (Fsp3) is 0.0714. The van der Waals surface area contributed by atoms with E-state index in [1.807, 2.05) is 60.4 Å². The molecule has 0 aliphatic heterocycles. The number of rotatable bonds is 2. The highest BCUT2D eigenvalue weighted by molar-refractivity contribution is 6.42. The lowest BCUT2D eigenvalue weighted by Crippen LogP contribution is -2.25. The van der Waals surface area contributed by atoms with Gasteiger partial charge in [0.25, 0.3) is 0 Å². The van der Waals surface area contributed by atoms with Gasteiger partial charge in [0.05, 0.1) is 10.0 Å². The van der Waals surface area contributed by atoms with Gasteiger partial charge in [0.1, 0.15) is 7.05 Å². The molecule has 86 valence electrons. The molecule has 0 aliphatic rings. The van der Waals surface area contributed by atoms with Crippen molar-refractivity contribution < 1.29 is 4.57 Å². The van der Waals surface area contributed by atoms with Crippen molar-refractivity contribution >= 4 is 35.4 Å². The number of benzene rings is 1. The zero-order valence-corrected chi connectivity index (χ0v) is 10.9. The molecule has 3 heteroatoms. The number of aromatic nitrogens is 1. The van der Waals surface area contributed by atoms with E-state index < -0.39 is 0 Å². The summed E-state index contributed by atoms with van der Waals surface area (Å²) in [6, 6.07) is 9.69. The Morgan fingerprint density at radius 2 is 1.53 bits per heavy atom. The smallest absolute Gasteiger partial charge is 0.169 e. The van der Waals surface area contributed by atoms with Crippen LogP contribution < -0.4 is 4.57 Å². The predicted molar refractivity (Wildman–Crippen MR) is 73.0 cm³/mol. The van der Waals surface area contributed by atoms with Crippen LogP contribution in [0.1, 0.15) is 11.1 Å². The molecule has 0 radical (unpaired) electrons. The van der Waals surface area contributed by atoms with Crippen LogP contribution in [0, 0.1) is 0 Å². The molecule has 0 N–H and O–H groups in total. The number of hydrogen-bond acceptors (Lipinski definition) is 0. The lowest BCUT2D eigenvalue weighted by atomic mass is 10.1. The normalized spacial score (nSPS) is 11.0. The second-order valence-corrected chi connectivity index (χ2v) is 4.62. The van der Waals surface area contributed by atoms with Crippen molar-refractivity contribution in [2.24, 2.45) is 7.05 Å². The number of aryl methyl sites for hydroxylation is 1. The molecule has 1 nitrogen and oxygen atoms in total. The van der Waals surface area contributed by atoms with Gasteiger partial charge in [0.15, 0.2) is 12.4 Å². The number of pyridine rings is 1. The summed E-state index contributed by atoms with van der Waals surface area (Å²) in [4.78, 5) is 0. The maximum absolute atomic E-state index is 5.95. The molecule has 0 fully saturated rings. The molecule has 0 aliphatic carbocycles. The van der Waals surface area contributed by atoms with Crippen molar-refractivity contribution in [1.82, 2.24) is 0 Å². The lowest BCUT2D eigenvalue weighted by Gasteiger charge is -1.97. The molecular formula is C14H12Cl2N+. The SMILES string of the molecule is C[n+]1ccc(/C=C\c2ccc(Cl)c(Cl)c2)cc1. The Morgan fingerprint density at radius 3 is 2.18 bits per heavy atom. The lowest BCUT2D eigenvalue weighted by molar-refractivity contribution is -0.671. The Kier molecular flexibility index (Phi) is 3.82. The van der Waals surface area contributed by atoms with Crippen LogP contribution in [0.3, 0.4) is 0 Å². The first kappa shape index (κ1) is 12.2. The Labute approximate surface area is 111 Å². The minimum Gasteiger partial charge on any atom is -0.208 e. The van der Waals surface area contributed by atoms with Gasteiger partial charge in [-0.05, 0) is 23.3 Å². The minimum atomic E-state index is 0.577. The largest absolute Gasteiger partial charge is 0.208 e. The van der Waals surface area contributed by atoms with E-state index in [-0.39, 0.29) is 0 Å². The number of halogens is 2. The Bertz CT molecular complexity index is 545. The molecule has 2 aromatic rings. The summed E-state index contributed by atoms with van der Waals surface area (Å²) < 4.78 is 2.00. The molecule has 17 heavy (non-hydrogen) atoms. The summed E-state index contributed by atoms with van der Waals surface area (Å²) in [5, 5.41) is 1.16. The van der Waals surface area contributed by atoms with E-state index in [0.717, 1.165) is 11.1 Å². The van der Waals surface area contributed by atoms with E-state index in [9.17, 15) is 0 Å². The van der Waals surface area contributed by atoms with Crippen LogP contribution >= 0.6 is 23.2 Å². The van der Waals surface area contributed by atoms with Crippen LogP contribution in [-0.2, 0) is 7.05 Å². The van der Waals surface area contributed by atoms with Gasteiger partial charge in [-0.3, -0.25) is 0 Å². The second kappa shape index (κ2) is 5.35. The van der Waals surface area contributed by atoms with Crippen LogP contribution in [-0.4, -0.2) is 0 Å². The van der Waals surface area contributed by atoms with Crippen LogP contribution in [0.5, 0.6) is 0 Å². The van der Waals surface area contributed by atoms with Gasteiger partial charge in [-0.15, -0.1) is 0 Å². The third kappa shape index (κ3) is 3.32. The molecule has 1 aromatic heterocycles. The first-order chi connectivity index (χ1) is 8.15. The quantitative estimate of drug-likeness (QED) is 0.723. The van der Waals surface area contributed by atoms with Gasteiger partial charge in [-0.25, -0.2) is 4.57 Å². The molecule has 1 aromatic carbocycles. The fourth-order valence-electron chi connectivity index (χ4n) is 1.43. The fourth-order valence-corrected chi connectivity index (χ4v) is 1.74. The van der Waals surface area contributed by atoms with Gasteiger partial charge in [0.2, 0.25) is 0 Å². The van der Waals surface area contributed by atoms with Gasteiger partial charge >= 0.3 is 0 Å². The summed E-state index contributed by atoms with van der Waals surface area (Å²) in [5.41, 5.74) is 2.18. The third-order valence-corrected chi connectivity index (χ3v) is 3.16. The zero-order chi connectivity index (χ0) is 12.3.